The first kappa shape index (κ1) is 15.7. The molecule has 1 saturated heterocycles. The first-order valence-electron chi connectivity index (χ1n) is 8.87. The molecule has 4 aromatic heterocycles. The smallest absolute Gasteiger partial charge is 0.254 e. The standard InChI is InChI=1S/C20H17N5O2/c26-20(14-5-9-21-10-6-14)24-11-7-15(13-24)25-18-16(3-1-8-22-18)23-19(25)17-4-2-12-27-17/h1-6,8-10,12,15H,7,11,13H2/t15-/m1/s1. The molecule has 5 rings (SSSR count). The summed E-state index contributed by atoms with van der Waals surface area (Å²) in [6.45, 7) is 1.30. The molecule has 0 N–H and O–H groups in total. The highest BCUT2D eigenvalue weighted by atomic mass is 16.3. The summed E-state index contributed by atoms with van der Waals surface area (Å²) < 4.78 is 7.70. The quantitative estimate of drug-likeness (QED) is 0.561. The summed E-state index contributed by atoms with van der Waals surface area (Å²) in [6.07, 6.45) is 7.53. The predicted molar refractivity (Wildman–Crippen MR) is 99.0 cm³/mol. The van der Waals surface area contributed by atoms with Gasteiger partial charge in [-0.05, 0) is 42.8 Å². The van der Waals surface area contributed by atoms with Crippen molar-refractivity contribution in [3.63, 3.8) is 0 Å². The van der Waals surface area contributed by atoms with E-state index in [0.29, 0.717) is 24.4 Å². The normalized spacial score (nSPS) is 16.9. The van der Waals surface area contributed by atoms with Gasteiger partial charge in [0, 0.05) is 37.2 Å². The molecule has 1 amide bonds. The van der Waals surface area contributed by atoms with Gasteiger partial charge in [0.1, 0.15) is 5.52 Å². The maximum atomic E-state index is 12.8. The van der Waals surface area contributed by atoms with Crippen molar-refractivity contribution in [1.82, 2.24) is 24.4 Å². The van der Waals surface area contributed by atoms with Crippen molar-refractivity contribution < 1.29 is 9.21 Å². The van der Waals surface area contributed by atoms with Crippen molar-refractivity contribution in [2.45, 2.75) is 12.5 Å². The van der Waals surface area contributed by atoms with Crippen molar-refractivity contribution in [1.29, 1.82) is 0 Å². The van der Waals surface area contributed by atoms with Crippen LogP contribution in [-0.4, -0.2) is 43.4 Å². The van der Waals surface area contributed by atoms with Gasteiger partial charge in [-0.2, -0.15) is 0 Å². The molecule has 0 spiro atoms. The molecule has 1 fully saturated rings. The summed E-state index contributed by atoms with van der Waals surface area (Å²) in [4.78, 5) is 27.9. The molecule has 27 heavy (non-hydrogen) atoms. The Labute approximate surface area is 155 Å². The van der Waals surface area contributed by atoms with E-state index in [1.54, 1.807) is 37.0 Å². The average molecular weight is 359 g/mol. The van der Waals surface area contributed by atoms with Crippen molar-refractivity contribution in [3.05, 3.63) is 66.8 Å². The van der Waals surface area contributed by atoms with Crippen LogP contribution in [0.3, 0.4) is 0 Å². The largest absolute Gasteiger partial charge is 0.461 e. The maximum Gasteiger partial charge on any atom is 0.254 e. The van der Waals surface area contributed by atoms with Crippen LogP contribution in [0.25, 0.3) is 22.7 Å². The minimum Gasteiger partial charge on any atom is -0.461 e. The van der Waals surface area contributed by atoms with Crippen LogP contribution in [0, 0.1) is 0 Å². The van der Waals surface area contributed by atoms with E-state index in [1.807, 2.05) is 29.2 Å². The van der Waals surface area contributed by atoms with Gasteiger partial charge in [0.25, 0.3) is 5.91 Å². The van der Waals surface area contributed by atoms with Crippen LogP contribution in [0.4, 0.5) is 0 Å². The molecule has 4 aromatic rings. The zero-order valence-electron chi connectivity index (χ0n) is 14.5. The van der Waals surface area contributed by atoms with Gasteiger partial charge in [0.2, 0.25) is 0 Å². The lowest BCUT2D eigenvalue weighted by Gasteiger charge is -2.18. The molecule has 5 heterocycles. The van der Waals surface area contributed by atoms with Crippen LogP contribution in [0.15, 0.2) is 65.7 Å². The number of imidazole rings is 1. The first-order valence-corrected chi connectivity index (χ1v) is 8.87. The van der Waals surface area contributed by atoms with Crippen LogP contribution in [0.2, 0.25) is 0 Å². The predicted octanol–water partition coefficient (Wildman–Crippen LogP) is 3.17. The molecule has 7 nitrogen and oxygen atoms in total. The summed E-state index contributed by atoms with van der Waals surface area (Å²) >= 11 is 0. The molecule has 0 aromatic carbocycles. The molecule has 7 heteroatoms. The number of carbonyl (C=O) groups excluding carboxylic acids is 1. The van der Waals surface area contributed by atoms with E-state index in [2.05, 4.69) is 14.5 Å². The highest BCUT2D eigenvalue weighted by molar-refractivity contribution is 5.94. The molecule has 1 aliphatic rings. The van der Waals surface area contributed by atoms with Crippen LogP contribution in [0.1, 0.15) is 22.8 Å². The lowest BCUT2D eigenvalue weighted by atomic mass is 10.2. The Kier molecular flexibility index (Phi) is 3.71. The lowest BCUT2D eigenvalue weighted by Crippen LogP contribution is -2.29. The van der Waals surface area contributed by atoms with E-state index in [4.69, 9.17) is 9.40 Å². The van der Waals surface area contributed by atoms with E-state index in [1.165, 1.54) is 0 Å². The Hall–Kier alpha value is -3.48. The summed E-state index contributed by atoms with van der Waals surface area (Å²) in [5, 5.41) is 0. The SMILES string of the molecule is O=C(c1ccncc1)N1CC[C@@H](n2c(-c3ccco3)nc3cccnc32)C1. The molecule has 1 aliphatic heterocycles. The number of hydrogen-bond acceptors (Lipinski definition) is 5. The number of carbonyl (C=O) groups is 1. The van der Waals surface area contributed by atoms with Crippen LogP contribution in [0.5, 0.6) is 0 Å². The van der Waals surface area contributed by atoms with Crippen LogP contribution < -0.4 is 0 Å². The van der Waals surface area contributed by atoms with Gasteiger partial charge in [0.15, 0.2) is 17.2 Å². The number of rotatable bonds is 3. The van der Waals surface area contributed by atoms with Crippen molar-refractivity contribution in [2.75, 3.05) is 13.1 Å². The molecular weight excluding hydrogens is 342 g/mol. The summed E-state index contributed by atoms with van der Waals surface area (Å²) in [7, 11) is 0. The maximum absolute atomic E-state index is 12.8. The van der Waals surface area contributed by atoms with Gasteiger partial charge in [-0.3, -0.25) is 9.78 Å². The third kappa shape index (κ3) is 2.68. The minimum atomic E-state index is 0.0248. The molecule has 0 unspecified atom stereocenters. The number of likely N-dealkylation sites (tertiary alicyclic amines) is 1. The van der Waals surface area contributed by atoms with Crippen LogP contribution in [-0.2, 0) is 0 Å². The lowest BCUT2D eigenvalue weighted by molar-refractivity contribution is 0.0788. The van der Waals surface area contributed by atoms with Gasteiger partial charge in [0.05, 0.1) is 12.3 Å². The highest BCUT2D eigenvalue weighted by Gasteiger charge is 2.31. The fourth-order valence-corrected chi connectivity index (χ4v) is 3.67. The van der Waals surface area contributed by atoms with E-state index in [9.17, 15) is 4.79 Å². The van der Waals surface area contributed by atoms with Crippen LogP contribution >= 0.6 is 0 Å². The van der Waals surface area contributed by atoms with Gasteiger partial charge in [-0.15, -0.1) is 0 Å². The Morgan fingerprint density at radius 1 is 1.11 bits per heavy atom. The second kappa shape index (κ2) is 6.35. The molecule has 134 valence electrons. The van der Waals surface area contributed by atoms with Crippen molar-refractivity contribution >= 4 is 17.1 Å². The Bertz CT molecular complexity index is 1090. The number of amides is 1. The van der Waals surface area contributed by atoms with Crippen molar-refractivity contribution in [3.8, 4) is 11.6 Å². The minimum absolute atomic E-state index is 0.0248. The topological polar surface area (TPSA) is 77.0 Å². The molecular formula is C20H17N5O2. The molecule has 1 atom stereocenters. The zero-order chi connectivity index (χ0) is 18.2. The van der Waals surface area contributed by atoms with Crippen molar-refractivity contribution in [2.24, 2.45) is 0 Å². The van der Waals surface area contributed by atoms with E-state index < -0.39 is 0 Å². The van der Waals surface area contributed by atoms with Gasteiger partial charge >= 0.3 is 0 Å². The number of pyridine rings is 2. The third-order valence-corrected chi connectivity index (χ3v) is 4.93. The van der Waals surface area contributed by atoms with Gasteiger partial charge < -0.3 is 13.9 Å². The number of aromatic nitrogens is 4. The third-order valence-electron chi connectivity index (χ3n) is 4.93. The number of hydrogen-bond donors (Lipinski definition) is 0. The monoisotopic (exact) mass is 359 g/mol. The van der Waals surface area contributed by atoms with Gasteiger partial charge in [-0.25, -0.2) is 9.97 Å². The Balaban J connectivity index is 1.51. The summed E-state index contributed by atoms with van der Waals surface area (Å²) in [5.74, 6) is 1.47. The number of nitrogens with zero attached hydrogens (tertiary/aromatic N) is 5. The van der Waals surface area contributed by atoms with E-state index in [0.717, 1.165) is 23.4 Å². The van der Waals surface area contributed by atoms with Gasteiger partial charge in [-0.1, -0.05) is 0 Å². The Morgan fingerprint density at radius 3 is 2.81 bits per heavy atom. The number of fused-ring (bicyclic) bond motifs is 1. The van der Waals surface area contributed by atoms with E-state index in [-0.39, 0.29) is 11.9 Å². The second-order valence-corrected chi connectivity index (χ2v) is 6.56. The fourth-order valence-electron chi connectivity index (χ4n) is 3.67. The number of furan rings is 1. The first-order chi connectivity index (χ1) is 13.3. The molecule has 0 bridgehead atoms. The fraction of sp³-hybridized carbons (Fsp3) is 0.200. The molecule has 0 saturated carbocycles. The summed E-state index contributed by atoms with van der Waals surface area (Å²) in [6, 6.07) is 11.2. The second-order valence-electron chi connectivity index (χ2n) is 6.56. The average Bonchev–Trinajstić information content (AvgIpc) is 3.46. The highest BCUT2D eigenvalue weighted by Crippen LogP contribution is 2.32. The Morgan fingerprint density at radius 2 is 2.00 bits per heavy atom. The molecule has 0 aliphatic carbocycles. The zero-order valence-corrected chi connectivity index (χ0v) is 14.5. The molecule has 0 radical (unpaired) electrons. The van der Waals surface area contributed by atoms with E-state index >= 15 is 0 Å². The summed E-state index contributed by atoms with van der Waals surface area (Å²) in [5.41, 5.74) is 2.29.